The molecule has 1 aliphatic carbocycles. The van der Waals surface area contributed by atoms with E-state index in [1.165, 1.54) is 24.2 Å². The molecule has 1 N–H and O–H groups in total. The Morgan fingerprint density at radius 3 is 2.89 bits per heavy atom. The number of anilines is 1. The van der Waals surface area contributed by atoms with E-state index in [1.54, 1.807) is 13.8 Å². The zero-order chi connectivity index (χ0) is 12.7. The summed E-state index contributed by atoms with van der Waals surface area (Å²) in [7, 11) is 0. The Hall–Kier alpha value is -1.69. The highest BCUT2D eigenvalue weighted by atomic mass is 32.1. The summed E-state index contributed by atoms with van der Waals surface area (Å²) in [5.41, 5.74) is 2.19. The van der Waals surface area contributed by atoms with Crippen LogP contribution in [0.2, 0.25) is 0 Å². The van der Waals surface area contributed by atoms with Crippen molar-refractivity contribution in [3.63, 3.8) is 0 Å². The maximum atomic E-state index is 12.1. The molecule has 1 amide bonds. The van der Waals surface area contributed by atoms with Crippen LogP contribution in [0.1, 0.15) is 46.3 Å². The molecular formula is C12H13N3O2S. The van der Waals surface area contributed by atoms with E-state index >= 15 is 0 Å². The summed E-state index contributed by atoms with van der Waals surface area (Å²) in [5, 5.41) is 9.22. The smallest absolute Gasteiger partial charge is 0.262 e. The van der Waals surface area contributed by atoms with Gasteiger partial charge in [-0.25, -0.2) is 4.98 Å². The Morgan fingerprint density at radius 1 is 1.50 bits per heavy atom. The predicted octanol–water partition coefficient (Wildman–Crippen LogP) is 2.88. The summed E-state index contributed by atoms with van der Waals surface area (Å²) in [6.07, 6.45) is 2.42. The van der Waals surface area contributed by atoms with Gasteiger partial charge in [0.25, 0.3) is 5.91 Å². The molecular weight excluding hydrogens is 250 g/mol. The Labute approximate surface area is 108 Å². The Morgan fingerprint density at radius 2 is 2.28 bits per heavy atom. The standard InChI is InChI=1S/C12H13N3O2S/c1-6-10(7(2)17-15-6)11(16)14-12-13-9(5-18-12)8-3-4-8/h5,8H,3-4H2,1-2H3,(H,13,14,16). The van der Waals surface area contributed by atoms with E-state index in [2.05, 4.69) is 15.5 Å². The highest BCUT2D eigenvalue weighted by Gasteiger charge is 2.26. The van der Waals surface area contributed by atoms with Gasteiger partial charge in [0, 0.05) is 11.3 Å². The minimum Gasteiger partial charge on any atom is -0.361 e. The maximum absolute atomic E-state index is 12.1. The highest BCUT2D eigenvalue weighted by molar-refractivity contribution is 7.14. The van der Waals surface area contributed by atoms with Crippen LogP contribution >= 0.6 is 11.3 Å². The molecule has 2 heterocycles. The molecule has 3 rings (SSSR count). The number of hydrogen-bond donors (Lipinski definition) is 1. The van der Waals surface area contributed by atoms with Crippen LogP contribution in [0.5, 0.6) is 0 Å². The second-order valence-electron chi connectivity index (χ2n) is 4.51. The number of aromatic nitrogens is 2. The van der Waals surface area contributed by atoms with Gasteiger partial charge < -0.3 is 4.52 Å². The largest absolute Gasteiger partial charge is 0.361 e. The Balaban J connectivity index is 1.77. The second kappa shape index (κ2) is 4.20. The van der Waals surface area contributed by atoms with Crippen LogP contribution in [-0.2, 0) is 0 Å². The number of hydrogen-bond acceptors (Lipinski definition) is 5. The maximum Gasteiger partial charge on any atom is 0.262 e. The van der Waals surface area contributed by atoms with Crippen LogP contribution in [-0.4, -0.2) is 16.0 Å². The van der Waals surface area contributed by atoms with Gasteiger partial charge in [-0.1, -0.05) is 5.16 Å². The molecule has 0 aliphatic heterocycles. The van der Waals surface area contributed by atoms with Crippen molar-refractivity contribution in [3.8, 4) is 0 Å². The van der Waals surface area contributed by atoms with E-state index in [0.29, 0.717) is 28.1 Å². The van der Waals surface area contributed by atoms with Crippen LogP contribution < -0.4 is 5.32 Å². The number of aryl methyl sites for hydroxylation is 2. The minimum atomic E-state index is -0.206. The van der Waals surface area contributed by atoms with Crippen molar-refractivity contribution in [1.29, 1.82) is 0 Å². The molecule has 0 saturated heterocycles. The monoisotopic (exact) mass is 263 g/mol. The number of amides is 1. The van der Waals surface area contributed by atoms with E-state index in [0.717, 1.165) is 5.69 Å². The van der Waals surface area contributed by atoms with Gasteiger partial charge in [0.2, 0.25) is 0 Å². The summed E-state index contributed by atoms with van der Waals surface area (Å²) in [4.78, 5) is 16.5. The molecule has 0 atom stereocenters. The first-order valence-corrected chi connectivity index (χ1v) is 6.72. The van der Waals surface area contributed by atoms with Gasteiger partial charge in [-0.15, -0.1) is 11.3 Å². The third kappa shape index (κ3) is 2.03. The van der Waals surface area contributed by atoms with Crippen molar-refractivity contribution in [2.75, 3.05) is 5.32 Å². The number of carbonyl (C=O) groups excluding carboxylic acids is 1. The lowest BCUT2D eigenvalue weighted by atomic mass is 10.2. The van der Waals surface area contributed by atoms with Gasteiger partial charge in [0.15, 0.2) is 5.13 Å². The SMILES string of the molecule is Cc1noc(C)c1C(=O)Nc1nc(C2CC2)cs1. The fourth-order valence-corrected chi connectivity index (χ4v) is 2.66. The molecule has 5 nitrogen and oxygen atoms in total. The zero-order valence-corrected chi connectivity index (χ0v) is 11.0. The molecule has 1 saturated carbocycles. The van der Waals surface area contributed by atoms with Crippen LogP contribution in [0, 0.1) is 13.8 Å². The highest BCUT2D eigenvalue weighted by Crippen LogP contribution is 2.40. The van der Waals surface area contributed by atoms with Crippen molar-refractivity contribution >= 4 is 22.4 Å². The summed E-state index contributed by atoms with van der Waals surface area (Å²) >= 11 is 1.46. The van der Waals surface area contributed by atoms with Crippen molar-refractivity contribution in [1.82, 2.24) is 10.1 Å². The van der Waals surface area contributed by atoms with Gasteiger partial charge in [-0.3, -0.25) is 10.1 Å². The summed E-state index contributed by atoms with van der Waals surface area (Å²) < 4.78 is 4.98. The molecule has 0 radical (unpaired) electrons. The van der Waals surface area contributed by atoms with Crippen LogP contribution in [0.3, 0.4) is 0 Å². The number of nitrogens with one attached hydrogen (secondary N) is 1. The van der Waals surface area contributed by atoms with E-state index in [1.807, 2.05) is 5.38 Å². The average Bonchev–Trinajstić information content (AvgIpc) is 2.99. The second-order valence-corrected chi connectivity index (χ2v) is 5.36. The molecule has 0 unspecified atom stereocenters. The van der Waals surface area contributed by atoms with E-state index in [9.17, 15) is 4.79 Å². The van der Waals surface area contributed by atoms with Crippen LogP contribution in [0.25, 0.3) is 0 Å². The minimum absolute atomic E-state index is 0.206. The fraction of sp³-hybridized carbons (Fsp3) is 0.417. The first-order chi connectivity index (χ1) is 8.65. The molecule has 6 heteroatoms. The van der Waals surface area contributed by atoms with Gasteiger partial charge >= 0.3 is 0 Å². The van der Waals surface area contributed by atoms with Crippen molar-refractivity contribution in [2.45, 2.75) is 32.6 Å². The quantitative estimate of drug-likeness (QED) is 0.924. The molecule has 94 valence electrons. The number of carbonyl (C=O) groups is 1. The van der Waals surface area contributed by atoms with Gasteiger partial charge in [-0.05, 0) is 26.7 Å². The summed E-state index contributed by atoms with van der Waals surface area (Å²) in [5.74, 6) is 0.929. The molecule has 1 aliphatic rings. The molecule has 0 spiro atoms. The summed E-state index contributed by atoms with van der Waals surface area (Å²) in [6, 6.07) is 0. The Kier molecular flexibility index (Phi) is 2.66. The predicted molar refractivity (Wildman–Crippen MR) is 68.0 cm³/mol. The van der Waals surface area contributed by atoms with Crippen molar-refractivity contribution in [3.05, 3.63) is 28.1 Å². The van der Waals surface area contributed by atoms with Gasteiger partial charge in [0.05, 0.1) is 11.4 Å². The normalized spacial score (nSPS) is 14.8. The Bertz CT molecular complexity index is 579. The molecule has 18 heavy (non-hydrogen) atoms. The molecule has 2 aromatic heterocycles. The lowest BCUT2D eigenvalue weighted by Gasteiger charge is -2.00. The topological polar surface area (TPSA) is 68.0 Å². The number of thiazole rings is 1. The lowest BCUT2D eigenvalue weighted by Crippen LogP contribution is -2.13. The van der Waals surface area contributed by atoms with Crippen molar-refractivity contribution < 1.29 is 9.32 Å². The fourth-order valence-electron chi connectivity index (χ4n) is 1.88. The first kappa shape index (κ1) is 11.4. The third-order valence-electron chi connectivity index (χ3n) is 3.00. The lowest BCUT2D eigenvalue weighted by molar-refractivity contribution is 0.102. The van der Waals surface area contributed by atoms with E-state index in [-0.39, 0.29) is 5.91 Å². The van der Waals surface area contributed by atoms with E-state index < -0.39 is 0 Å². The van der Waals surface area contributed by atoms with Crippen LogP contribution in [0.15, 0.2) is 9.90 Å². The van der Waals surface area contributed by atoms with Crippen LogP contribution in [0.4, 0.5) is 5.13 Å². The van der Waals surface area contributed by atoms with Gasteiger partial charge in [-0.2, -0.15) is 0 Å². The first-order valence-electron chi connectivity index (χ1n) is 5.85. The zero-order valence-electron chi connectivity index (χ0n) is 10.2. The number of nitrogens with zero attached hydrogens (tertiary/aromatic N) is 2. The van der Waals surface area contributed by atoms with E-state index in [4.69, 9.17) is 4.52 Å². The third-order valence-corrected chi connectivity index (χ3v) is 3.77. The molecule has 1 fully saturated rings. The molecule has 2 aromatic rings. The molecule has 0 aromatic carbocycles. The van der Waals surface area contributed by atoms with Crippen molar-refractivity contribution in [2.24, 2.45) is 0 Å². The summed E-state index contributed by atoms with van der Waals surface area (Å²) in [6.45, 7) is 3.48. The number of rotatable bonds is 3. The van der Waals surface area contributed by atoms with Gasteiger partial charge in [0.1, 0.15) is 11.3 Å². The average molecular weight is 263 g/mol. The molecule has 0 bridgehead atoms.